The van der Waals surface area contributed by atoms with E-state index < -0.39 is 0 Å². The Morgan fingerprint density at radius 2 is 2.29 bits per heavy atom. The first-order chi connectivity index (χ1) is 9.56. The van der Waals surface area contributed by atoms with Crippen LogP contribution in [0.1, 0.15) is 37.0 Å². The van der Waals surface area contributed by atoms with Gasteiger partial charge in [0.15, 0.2) is 0 Å². The highest BCUT2D eigenvalue weighted by Crippen LogP contribution is 2.24. The van der Waals surface area contributed by atoms with Crippen molar-refractivity contribution in [1.29, 1.82) is 0 Å². The number of carbonyl (C=O) groups excluding carboxylic acids is 1. The maximum absolute atomic E-state index is 12.3. The summed E-state index contributed by atoms with van der Waals surface area (Å²) in [5, 5.41) is 6.34. The van der Waals surface area contributed by atoms with Crippen molar-refractivity contribution in [3.8, 4) is 5.75 Å². The molecule has 118 valence electrons. The molecule has 2 N–H and O–H groups in total. The van der Waals surface area contributed by atoms with E-state index in [0.29, 0.717) is 23.9 Å². The summed E-state index contributed by atoms with van der Waals surface area (Å²) in [7, 11) is 0. The van der Waals surface area contributed by atoms with Crippen molar-refractivity contribution in [3.05, 3.63) is 28.2 Å². The molecule has 0 saturated carbocycles. The number of benzene rings is 1. The van der Waals surface area contributed by atoms with Crippen molar-refractivity contribution >= 4 is 34.2 Å². The standard InChI is InChI=1S/C15H21BrN2O2.ClH/c1-10(2)20-14-8-11(16)5-6-13(14)15(19)18-9-12-4-3-7-17-12;/h5-6,8,10,12,17H,3-4,7,9H2,1-2H3,(H,18,19);1H. The van der Waals surface area contributed by atoms with Crippen LogP contribution in [0, 0.1) is 0 Å². The molecule has 1 aliphatic rings. The molecule has 21 heavy (non-hydrogen) atoms. The van der Waals surface area contributed by atoms with Gasteiger partial charge in [-0.2, -0.15) is 0 Å². The smallest absolute Gasteiger partial charge is 0.255 e. The quantitative estimate of drug-likeness (QED) is 0.829. The number of hydrogen-bond acceptors (Lipinski definition) is 3. The normalized spacial score (nSPS) is 17.4. The first-order valence-electron chi connectivity index (χ1n) is 7.04. The third kappa shape index (κ3) is 5.49. The summed E-state index contributed by atoms with van der Waals surface area (Å²) in [4.78, 5) is 12.3. The van der Waals surface area contributed by atoms with Gasteiger partial charge in [-0.15, -0.1) is 12.4 Å². The number of rotatable bonds is 5. The second-order valence-electron chi connectivity index (χ2n) is 5.31. The molecule has 1 aliphatic heterocycles. The van der Waals surface area contributed by atoms with Crippen LogP contribution in [-0.4, -0.2) is 31.1 Å². The van der Waals surface area contributed by atoms with Crippen molar-refractivity contribution in [2.24, 2.45) is 0 Å². The van der Waals surface area contributed by atoms with Gasteiger partial charge in [0.2, 0.25) is 0 Å². The SMILES string of the molecule is CC(C)Oc1cc(Br)ccc1C(=O)NCC1CCCN1.Cl. The second kappa shape index (κ2) is 8.61. The molecule has 0 spiro atoms. The molecule has 0 aromatic heterocycles. The Bertz CT molecular complexity index is 477. The van der Waals surface area contributed by atoms with Gasteiger partial charge in [0.05, 0.1) is 11.7 Å². The molecule has 1 aromatic carbocycles. The van der Waals surface area contributed by atoms with E-state index in [4.69, 9.17) is 4.74 Å². The Labute approximate surface area is 140 Å². The number of carbonyl (C=O) groups is 1. The molecule has 0 aliphatic carbocycles. The molecular weight excluding hydrogens is 356 g/mol. The minimum atomic E-state index is -0.0816. The lowest BCUT2D eigenvalue weighted by Gasteiger charge is -2.16. The Hall–Kier alpha value is -0.780. The average molecular weight is 378 g/mol. The molecule has 0 radical (unpaired) electrons. The zero-order chi connectivity index (χ0) is 14.5. The van der Waals surface area contributed by atoms with Crippen molar-refractivity contribution < 1.29 is 9.53 Å². The topological polar surface area (TPSA) is 50.4 Å². The zero-order valence-electron chi connectivity index (χ0n) is 12.3. The summed E-state index contributed by atoms with van der Waals surface area (Å²) < 4.78 is 6.62. The maximum atomic E-state index is 12.3. The third-order valence-corrected chi connectivity index (χ3v) is 3.72. The van der Waals surface area contributed by atoms with Gasteiger partial charge in [-0.25, -0.2) is 0 Å². The van der Waals surface area contributed by atoms with Crippen LogP contribution in [0.15, 0.2) is 22.7 Å². The summed E-state index contributed by atoms with van der Waals surface area (Å²) in [5.74, 6) is 0.535. The lowest BCUT2D eigenvalue weighted by molar-refractivity contribution is 0.0944. The maximum Gasteiger partial charge on any atom is 0.255 e. The number of amides is 1. The van der Waals surface area contributed by atoms with E-state index in [1.807, 2.05) is 26.0 Å². The summed E-state index contributed by atoms with van der Waals surface area (Å²) in [6.45, 7) is 5.60. The number of ether oxygens (including phenoxy) is 1. The fourth-order valence-corrected chi connectivity index (χ4v) is 2.62. The third-order valence-electron chi connectivity index (χ3n) is 3.22. The Morgan fingerprint density at radius 3 is 2.90 bits per heavy atom. The highest BCUT2D eigenvalue weighted by molar-refractivity contribution is 9.10. The summed E-state index contributed by atoms with van der Waals surface area (Å²) in [6, 6.07) is 5.88. The molecule has 1 amide bonds. The molecule has 2 rings (SSSR count). The van der Waals surface area contributed by atoms with Gasteiger partial charge in [-0.05, 0) is 51.4 Å². The predicted molar refractivity (Wildman–Crippen MR) is 90.5 cm³/mol. The van der Waals surface area contributed by atoms with E-state index in [9.17, 15) is 4.79 Å². The molecule has 1 atom stereocenters. The Kier molecular flexibility index (Phi) is 7.49. The summed E-state index contributed by atoms with van der Waals surface area (Å²) >= 11 is 3.41. The summed E-state index contributed by atoms with van der Waals surface area (Å²) in [6.07, 6.45) is 2.34. The number of nitrogens with one attached hydrogen (secondary N) is 2. The van der Waals surface area contributed by atoms with E-state index in [2.05, 4.69) is 26.6 Å². The summed E-state index contributed by atoms with van der Waals surface area (Å²) in [5.41, 5.74) is 0.583. The monoisotopic (exact) mass is 376 g/mol. The van der Waals surface area contributed by atoms with Crippen LogP contribution in [0.5, 0.6) is 5.75 Å². The van der Waals surface area contributed by atoms with E-state index in [-0.39, 0.29) is 24.4 Å². The van der Waals surface area contributed by atoms with Crippen molar-refractivity contribution in [2.45, 2.75) is 38.8 Å². The van der Waals surface area contributed by atoms with Crippen molar-refractivity contribution in [2.75, 3.05) is 13.1 Å². The van der Waals surface area contributed by atoms with Crippen molar-refractivity contribution in [1.82, 2.24) is 10.6 Å². The molecule has 1 saturated heterocycles. The Balaban J connectivity index is 0.00000220. The minimum Gasteiger partial charge on any atom is -0.490 e. The van der Waals surface area contributed by atoms with Crippen LogP contribution in [0.25, 0.3) is 0 Å². The van der Waals surface area contributed by atoms with E-state index >= 15 is 0 Å². The molecule has 4 nitrogen and oxygen atoms in total. The van der Waals surface area contributed by atoms with Crippen LogP contribution >= 0.6 is 28.3 Å². The first-order valence-corrected chi connectivity index (χ1v) is 7.83. The molecule has 1 fully saturated rings. The van der Waals surface area contributed by atoms with E-state index in [0.717, 1.165) is 17.4 Å². The van der Waals surface area contributed by atoms with Crippen molar-refractivity contribution in [3.63, 3.8) is 0 Å². The van der Waals surface area contributed by atoms with E-state index in [1.165, 1.54) is 6.42 Å². The largest absolute Gasteiger partial charge is 0.490 e. The Morgan fingerprint density at radius 1 is 1.52 bits per heavy atom. The van der Waals surface area contributed by atoms with Gasteiger partial charge < -0.3 is 15.4 Å². The molecule has 1 heterocycles. The van der Waals surface area contributed by atoms with Crippen LogP contribution in [0.2, 0.25) is 0 Å². The van der Waals surface area contributed by atoms with E-state index in [1.54, 1.807) is 6.07 Å². The van der Waals surface area contributed by atoms with Crippen LogP contribution in [-0.2, 0) is 0 Å². The highest BCUT2D eigenvalue weighted by atomic mass is 79.9. The fourth-order valence-electron chi connectivity index (χ4n) is 2.28. The number of halogens is 2. The van der Waals surface area contributed by atoms with Gasteiger partial charge in [0, 0.05) is 17.1 Å². The van der Waals surface area contributed by atoms with Gasteiger partial charge in [0.1, 0.15) is 5.75 Å². The zero-order valence-corrected chi connectivity index (χ0v) is 14.7. The van der Waals surface area contributed by atoms with Crippen LogP contribution in [0.4, 0.5) is 0 Å². The average Bonchev–Trinajstić information content (AvgIpc) is 2.88. The second-order valence-corrected chi connectivity index (χ2v) is 6.23. The van der Waals surface area contributed by atoms with Crippen LogP contribution in [0.3, 0.4) is 0 Å². The highest BCUT2D eigenvalue weighted by Gasteiger charge is 2.18. The fraction of sp³-hybridized carbons (Fsp3) is 0.533. The molecular formula is C15H22BrClN2O2. The molecule has 1 unspecified atom stereocenters. The lowest BCUT2D eigenvalue weighted by Crippen LogP contribution is -2.37. The molecule has 0 bridgehead atoms. The number of hydrogen-bond donors (Lipinski definition) is 2. The van der Waals surface area contributed by atoms with Gasteiger partial charge in [-0.1, -0.05) is 15.9 Å². The van der Waals surface area contributed by atoms with Gasteiger partial charge >= 0.3 is 0 Å². The van der Waals surface area contributed by atoms with Crippen LogP contribution < -0.4 is 15.4 Å². The predicted octanol–water partition coefficient (Wildman–Crippen LogP) is 3.14. The minimum absolute atomic E-state index is 0. The van der Waals surface area contributed by atoms with Gasteiger partial charge in [-0.3, -0.25) is 4.79 Å². The first kappa shape index (κ1) is 18.3. The lowest BCUT2D eigenvalue weighted by atomic mass is 10.1. The molecule has 6 heteroatoms. The molecule has 1 aromatic rings. The van der Waals surface area contributed by atoms with Gasteiger partial charge in [0.25, 0.3) is 5.91 Å².